The number of carbonyl (C=O) groups is 1. The highest BCUT2D eigenvalue weighted by Gasteiger charge is 2.49. The molecule has 0 aliphatic heterocycles. The SMILES string of the molecule is Nc1ncccc1CNC(=O)C1(Nc2ccccc2)CC1. The number of aromatic nitrogens is 1. The number of rotatable bonds is 5. The van der Waals surface area contributed by atoms with Crippen LogP contribution in [0.3, 0.4) is 0 Å². The number of benzene rings is 1. The summed E-state index contributed by atoms with van der Waals surface area (Å²) in [5, 5.41) is 6.26. The molecule has 5 nitrogen and oxygen atoms in total. The first-order chi connectivity index (χ1) is 10.2. The molecule has 2 aromatic rings. The fourth-order valence-corrected chi connectivity index (χ4v) is 2.28. The second kappa shape index (κ2) is 5.44. The predicted molar refractivity (Wildman–Crippen MR) is 82.5 cm³/mol. The molecule has 1 aliphatic carbocycles. The van der Waals surface area contributed by atoms with E-state index in [1.165, 1.54) is 0 Å². The van der Waals surface area contributed by atoms with Crippen molar-refractivity contribution >= 4 is 17.4 Å². The van der Waals surface area contributed by atoms with E-state index in [9.17, 15) is 4.79 Å². The van der Waals surface area contributed by atoms with Gasteiger partial charge in [-0.1, -0.05) is 24.3 Å². The molecular weight excluding hydrogens is 264 g/mol. The molecule has 1 fully saturated rings. The van der Waals surface area contributed by atoms with E-state index in [2.05, 4.69) is 15.6 Å². The van der Waals surface area contributed by atoms with Gasteiger partial charge >= 0.3 is 0 Å². The minimum Gasteiger partial charge on any atom is -0.383 e. The van der Waals surface area contributed by atoms with Crippen molar-refractivity contribution in [1.29, 1.82) is 0 Å². The number of amides is 1. The van der Waals surface area contributed by atoms with Crippen LogP contribution in [0, 0.1) is 0 Å². The zero-order valence-corrected chi connectivity index (χ0v) is 11.7. The molecule has 5 heteroatoms. The Labute approximate surface area is 123 Å². The maximum Gasteiger partial charge on any atom is 0.245 e. The number of pyridine rings is 1. The lowest BCUT2D eigenvalue weighted by Crippen LogP contribution is -2.41. The topological polar surface area (TPSA) is 80.0 Å². The highest BCUT2D eigenvalue weighted by Crippen LogP contribution is 2.39. The second-order valence-corrected chi connectivity index (χ2v) is 5.30. The monoisotopic (exact) mass is 282 g/mol. The minimum atomic E-state index is -0.474. The molecule has 0 saturated heterocycles. The molecule has 3 rings (SSSR count). The normalized spacial score (nSPS) is 15.2. The van der Waals surface area contributed by atoms with Gasteiger partial charge in [0.05, 0.1) is 0 Å². The summed E-state index contributed by atoms with van der Waals surface area (Å²) in [5.74, 6) is 0.466. The smallest absolute Gasteiger partial charge is 0.245 e. The summed E-state index contributed by atoms with van der Waals surface area (Å²) in [6.45, 7) is 0.400. The summed E-state index contributed by atoms with van der Waals surface area (Å²) >= 11 is 0. The molecule has 108 valence electrons. The van der Waals surface area contributed by atoms with Gasteiger partial charge in [0.15, 0.2) is 0 Å². The Hall–Kier alpha value is -2.56. The molecule has 1 aromatic carbocycles. The number of anilines is 2. The van der Waals surface area contributed by atoms with Crippen LogP contribution in [0.1, 0.15) is 18.4 Å². The van der Waals surface area contributed by atoms with Gasteiger partial charge < -0.3 is 16.4 Å². The third-order valence-electron chi connectivity index (χ3n) is 3.71. The first kappa shape index (κ1) is 13.4. The molecule has 1 amide bonds. The summed E-state index contributed by atoms with van der Waals surface area (Å²) in [5.41, 5.74) is 7.10. The largest absolute Gasteiger partial charge is 0.383 e. The van der Waals surface area contributed by atoms with Crippen molar-refractivity contribution in [2.75, 3.05) is 11.1 Å². The van der Waals surface area contributed by atoms with Crippen LogP contribution in [0.25, 0.3) is 0 Å². The third kappa shape index (κ3) is 2.97. The van der Waals surface area contributed by atoms with Crippen LogP contribution in [0.5, 0.6) is 0 Å². The summed E-state index contributed by atoms with van der Waals surface area (Å²) in [7, 11) is 0. The van der Waals surface area contributed by atoms with Gasteiger partial charge in [-0.15, -0.1) is 0 Å². The molecule has 4 N–H and O–H groups in total. The molecule has 1 heterocycles. The third-order valence-corrected chi connectivity index (χ3v) is 3.71. The quantitative estimate of drug-likeness (QED) is 0.782. The number of hydrogen-bond acceptors (Lipinski definition) is 4. The molecule has 0 unspecified atom stereocenters. The van der Waals surface area contributed by atoms with Crippen LogP contribution in [-0.4, -0.2) is 16.4 Å². The van der Waals surface area contributed by atoms with Crippen molar-refractivity contribution in [3.8, 4) is 0 Å². The fourth-order valence-electron chi connectivity index (χ4n) is 2.28. The lowest BCUT2D eigenvalue weighted by atomic mass is 10.2. The molecule has 0 atom stereocenters. The highest BCUT2D eigenvalue weighted by molar-refractivity contribution is 5.92. The number of carbonyl (C=O) groups excluding carboxylic acids is 1. The first-order valence-corrected chi connectivity index (χ1v) is 7.00. The number of nitrogens with one attached hydrogen (secondary N) is 2. The van der Waals surface area contributed by atoms with E-state index in [4.69, 9.17) is 5.73 Å². The Morgan fingerprint density at radius 1 is 1.19 bits per heavy atom. The van der Waals surface area contributed by atoms with Gasteiger partial charge in [-0.3, -0.25) is 4.79 Å². The van der Waals surface area contributed by atoms with E-state index in [-0.39, 0.29) is 5.91 Å². The van der Waals surface area contributed by atoms with Crippen LogP contribution in [0.2, 0.25) is 0 Å². The summed E-state index contributed by atoms with van der Waals surface area (Å²) in [4.78, 5) is 16.4. The maximum absolute atomic E-state index is 12.4. The molecule has 1 aliphatic rings. The number of para-hydroxylation sites is 1. The Kier molecular flexibility index (Phi) is 3.48. The number of hydrogen-bond donors (Lipinski definition) is 3. The van der Waals surface area contributed by atoms with Crippen LogP contribution >= 0.6 is 0 Å². The van der Waals surface area contributed by atoms with Gasteiger partial charge in [0.1, 0.15) is 11.4 Å². The number of nitrogen functional groups attached to an aromatic ring is 1. The lowest BCUT2D eigenvalue weighted by molar-refractivity contribution is -0.122. The van der Waals surface area contributed by atoms with Crippen molar-refractivity contribution < 1.29 is 4.79 Å². The van der Waals surface area contributed by atoms with E-state index in [0.717, 1.165) is 24.1 Å². The Morgan fingerprint density at radius 3 is 2.62 bits per heavy atom. The van der Waals surface area contributed by atoms with Gasteiger partial charge in [-0.05, 0) is 31.0 Å². The second-order valence-electron chi connectivity index (χ2n) is 5.30. The van der Waals surface area contributed by atoms with Gasteiger partial charge in [0.25, 0.3) is 0 Å². The lowest BCUT2D eigenvalue weighted by Gasteiger charge is -2.18. The van der Waals surface area contributed by atoms with E-state index in [1.54, 1.807) is 6.20 Å². The van der Waals surface area contributed by atoms with Gasteiger partial charge in [-0.25, -0.2) is 4.98 Å². The summed E-state index contributed by atoms with van der Waals surface area (Å²) in [6, 6.07) is 13.5. The maximum atomic E-state index is 12.4. The number of nitrogens with two attached hydrogens (primary N) is 1. The number of nitrogens with zero attached hydrogens (tertiary/aromatic N) is 1. The van der Waals surface area contributed by atoms with E-state index >= 15 is 0 Å². The van der Waals surface area contributed by atoms with Gasteiger partial charge in [0, 0.05) is 24.0 Å². The van der Waals surface area contributed by atoms with Crippen LogP contribution in [0.4, 0.5) is 11.5 Å². The molecular formula is C16H18N4O. The first-order valence-electron chi connectivity index (χ1n) is 7.00. The van der Waals surface area contributed by atoms with Crippen molar-refractivity contribution in [1.82, 2.24) is 10.3 Å². The van der Waals surface area contributed by atoms with E-state index in [0.29, 0.717) is 12.4 Å². The molecule has 0 bridgehead atoms. The molecule has 0 radical (unpaired) electrons. The standard InChI is InChI=1S/C16H18N4O/c17-14-12(5-4-10-18-14)11-19-15(21)16(8-9-16)20-13-6-2-1-3-7-13/h1-7,10,20H,8-9,11H2,(H2,17,18)(H,19,21). The zero-order valence-electron chi connectivity index (χ0n) is 11.7. The average Bonchev–Trinajstić information content (AvgIpc) is 3.28. The van der Waals surface area contributed by atoms with Crippen LogP contribution in [-0.2, 0) is 11.3 Å². The summed E-state index contributed by atoms with van der Waals surface area (Å²) < 4.78 is 0. The Balaban J connectivity index is 1.62. The van der Waals surface area contributed by atoms with Crippen LogP contribution < -0.4 is 16.4 Å². The molecule has 0 spiro atoms. The highest BCUT2D eigenvalue weighted by atomic mass is 16.2. The van der Waals surface area contributed by atoms with E-state index in [1.807, 2.05) is 42.5 Å². The van der Waals surface area contributed by atoms with Crippen LogP contribution in [0.15, 0.2) is 48.7 Å². The van der Waals surface area contributed by atoms with Crippen molar-refractivity contribution in [2.24, 2.45) is 0 Å². The predicted octanol–water partition coefficient (Wildman–Crippen LogP) is 1.92. The average molecular weight is 282 g/mol. The van der Waals surface area contributed by atoms with Gasteiger partial charge in [-0.2, -0.15) is 0 Å². The molecule has 1 saturated carbocycles. The van der Waals surface area contributed by atoms with Crippen molar-refractivity contribution in [3.05, 3.63) is 54.2 Å². The molecule has 1 aromatic heterocycles. The fraction of sp³-hybridized carbons (Fsp3) is 0.250. The summed E-state index contributed by atoms with van der Waals surface area (Å²) in [6.07, 6.45) is 3.33. The molecule has 21 heavy (non-hydrogen) atoms. The minimum absolute atomic E-state index is 0.00889. The Morgan fingerprint density at radius 2 is 1.95 bits per heavy atom. The van der Waals surface area contributed by atoms with Crippen molar-refractivity contribution in [3.63, 3.8) is 0 Å². The van der Waals surface area contributed by atoms with Crippen molar-refractivity contribution in [2.45, 2.75) is 24.9 Å². The zero-order chi connectivity index (χ0) is 14.7. The Bertz CT molecular complexity index is 638. The van der Waals surface area contributed by atoms with Gasteiger partial charge in [0.2, 0.25) is 5.91 Å². The van der Waals surface area contributed by atoms with E-state index < -0.39 is 5.54 Å².